The minimum Gasteiger partial charge on any atom is -0.493 e. The second kappa shape index (κ2) is 12.1. The van der Waals surface area contributed by atoms with Gasteiger partial charge < -0.3 is 39.2 Å². The zero-order valence-corrected chi connectivity index (χ0v) is 23.4. The maximum atomic E-state index is 14.5. The van der Waals surface area contributed by atoms with Crippen LogP contribution in [0.25, 0.3) is 0 Å². The lowest BCUT2D eigenvalue weighted by Crippen LogP contribution is -2.58. The predicted molar refractivity (Wildman–Crippen MR) is 150 cm³/mol. The number of carbonyl (C=O) groups is 3. The van der Waals surface area contributed by atoms with Crippen LogP contribution in [0.4, 0.5) is 4.39 Å². The molecule has 224 valence electrons. The number of fused-ring (bicyclic) bond motifs is 6. The Labute approximate surface area is 246 Å². The Morgan fingerprint density at radius 1 is 1.02 bits per heavy atom. The van der Waals surface area contributed by atoms with Gasteiger partial charge in [-0.05, 0) is 53.6 Å². The monoisotopic (exact) mass is 591 g/mol. The Bertz CT molecular complexity index is 1560. The highest BCUT2D eigenvalue weighted by molar-refractivity contribution is 5.95. The average Bonchev–Trinajstić information content (AvgIpc) is 3.47. The summed E-state index contributed by atoms with van der Waals surface area (Å²) in [4.78, 5) is 40.9. The van der Waals surface area contributed by atoms with Gasteiger partial charge in [-0.1, -0.05) is 6.07 Å². The van der Waals surface area contributed by atoms with Crippen molar-refractivity contribution in [1.29, 1.82) is 0 Å². The molecule has 0 aliphatic carbocycles. The van der Waals surface area contributed by atoms with Gasteiger partial charge in [-0.3, -0.25) is 14.4 Å². The molecule has 3 heterocycles. The van der Waals surface area contributed by atoms with E-state index in [1.54, 1.807) is 35.2 Å². The van der Waals surface area contributed by atoms with Gasteiger partial charge >= 0.3 is 0 Å². The highest BCUT2D eigenvalue weighted by atomic mass is 19.1. The maximum Gasteiger partial charge on any atom is 0.258 e. The number of carbonyl (C=O) groups excluding carboxylic acids is 3. The van der Waals surface area contributed by atoms with E-state index in [1.165, 1.54) is 25.3 Å². The van der Waals surface area contributed by atoms with E-state index in [0.717, 1.165) is 5.56 Å². The maximum absolute atomic E-state index is 14.5. The van der Waals surface area contributed by atoms with Crippen LogP contribution in [0, 0.1) is 5.82 Å². The Morgan fingerprint density at radius 2 is 1.88 bits per heavy atom. The number of amides is 3. The van der Waals surface area contributed by atoms with Crippen molar-refractivity contribution in [2.75, 3.05) is 33.6 Å². The molecule has 0 unspecified atom stereocenters. The fraction of sp³-hybridized carbons (Fsp3) is 0.323. The highest BCUT2D eigenvalue weighted by Gasteiger charge is 2.35. The summed E-state index contributed by atoms with van der Waals surface area (Å²) in [5.41, 5.74) is 1.53. The summed E-state index contributed by atoms with van der Waals surface area (Å²) in [6.45, 7) is 0.410. The van der Waals surface area contributed by atoms with Gasteiger partial charge in [0.05, 0.1) is 19.6 Å². The SMILES string of the molecule is COc1ccc2cc1OCC(=O)NCc1cc(F)cc(c1)O[C@@H]1CCN(C(=O)Cc3ccc4c(c3)OCO4)C[C@@H]1NC2=O. The van der Waals surface area contributed by atoms with E-state index < -0.39 is 29.8 Å². The molecular weight excluding hydrogens is 561 g/mol. The van der Waals surface area contributed by atoms with Gasteiger partial charge in [0, 0.05) is 37.7 Å². The summed E-state index contributed by atoms with van der Waals surface area (Å²) < 4.78 is 42.5. The number of likely N-dealkylation sites (tertiary alicyclic amines) is 1. The largest absolute Gasteiger partial charge is 0.493 e. The Hall–Kier alpha value is -5.00. The van der Waals surface area contributed by atoms with Crippen LogP contribution < -0.4 is 34.3 Å². The standard InChI is InChI=1S/C31H30FN3O8/c1-39-25-5-3-20-12-28(25)40-16-29(36)33-14-19-8-21(32)13-22(9-19)43-24-6-7-35(15-23(24)34-31(20)38)30(37)11-18-2-4-26-27(10-18)42-17-41-26/h2-5,8-10,12-13,23-24H,6-7,11,14-17H2,1H3,(H,33,36)(H,34,38)/t23-,24+/m0/s1. The molecule has 3 aromatic rings. The predicted octanol–water partition coefficient (Wildman–Crippen LogP) is 2.59. The van der Waals surface area contributed by atoms with Crippen LogP contribution in [0.15, 0.2) is 54.6 Å². The molecule has 3 aromatic carbocycles. The molecule has 3 amide bonds. The molecule has 12 heteroatoms. The van der Waals surface area contributed by atoms with Crippen molar-refractivity contribution in [3.63, 3.8) is 0 Å². The summed E-state index contributed by atoms with van der Waals surface area (Å²) in [6, 6.07) is 13.6. The van der Waals surface area contributed by atoms with Gasteiger partial charge in [0.15, 0.2) is 29.6 Å². The molecule has 0 radical (unpaired) electrons. The molecule has 43 heavy (non-hydrogen) atoms. The van der Waals surface area contributed by atoms with Crippen molar-refractivity contribution < 1.29 is 42.5 Å². The Morgan fingerprint density at radius 3 is 2.74 bits per heavy atom. The van der Waals surface area contributed by atoms with E-state index in [4.69, 9.17) is 23.7 Å². The molecule has 4 bridgehead atoms. The number of benzene rings is 3. The van der Waals surface area contributed by atoms with Crippen LogP contribution >= 0.6 is 0 Å². The number of halogens is 1. The Kier molecular flexibility index (Phi) is 7.91. The smallest absolute Gasteiger partial charge is 0.258 e. The summed E-state index contributed by atoms with van der Waals surface area (Å²) in [6.07, 6.45) is -0.0390. The lowest BCUT2D eigenvalue weighted by Gasteiger charge is -2.39. The van der Waals surface area contributed by atoms with Crippen molar-refractivity contribution in [1.82, 2.24) is 15.5 Å². The van der Waals surface area contributed by atoms with Crippen molar-refractivity contribution in [3.05, 3.63) is 77.1 Å². The van der Waals surface area contributed by atoms with Gasteiger partial charge in [0.1, 0.15) is 17.7 Å². The lowest BCUT2D eigenvalue weighted by atomic mass is 9.99. The second-order valence-corrected chi connectivity index (χ2v) is 10.5. The van der Waals surface area contributed by atoms with Crippen LogP contribution in [-0.4, -0.2) is 68.4 Å². The van der Waals surface area contributed by atoms with Crippen LogP contribution in [0.1, 0.15) is 27.9 Å². The summed E-state index contributed by atoms with van der Waals surface area (Å²) >= 11 is 0. The number of ether oxygens (including phenoxy) is 5. The van der Waals surface area contributed by atoms with Gasteiger partial charge in [-0.25, -0.2) is 4.39 Å². The van der Waals surface area contributed by atoms with Crippen LogP contribution in [-0.2, 0) is 22.6 Å². The normalized spacial score (nSPS) is 19.7. The minimum absolute atomic E-state index is 0.0560. The first kappa shape index (κ1) is 28.1. The quantitative estimate of drug-likeness (QED) is 0.477. The zero-order valence-electron chi connectivity index (χ0n) is 23.4. The molecular formula is C31H30FN3O8. The average molecular weight is 592 g/mol. The third kappa shape index (κ3) is 6.42. The molecule has 3 aliphatic rings. The lowest BCUT2D eigenvalue weighted by molar-refractivity contribution is -0.133. The van der Waals surface area contributed by atoms with Gasteiger partial charge in [0.25, 0.3) is 11.8 Å². The Balaban J connectivity index is 1.26. The first-order valence-corrected chi connectivity index (χ1v) is 13.9. The minimum atomic E-state index is -0.618. The molecule has 2 N–H and O–H groups in total. The number of nitrogens with zero attached hydrogens (tertiary/aromatic N) is 1. The number of nitrogens with one attached hydrogen (secondary N) is 2. The molecule has 0 aromatic heterocycles. The summed E-state index contributed by atoms with van der Waals surface area (Å²) in [5, 5.41) is 5.69. The van der Waals surface area contributed by atoms with Crippen molar-refractivity contribution in [3.8, 4) is 28.7 Å². The van der Waals surface area contributed by atoms with Crippen LogP contribution in [0.5, 0.6) is 28.7 Å². The third-order valence-electron chi connectivity index (χ3n) is 7.50. The molecule has 1 saturated heterocycles. The highest BCUT2D eigenvalue weighted by Crippen LogP contribution is 2.33. The van der Waals surface area contributed by atoms with Crippen molar-refractivity contribution in [2.45, 2.75) is 31.5 Å². The first-order chi connectivity index (χ1) is 20.8. The number of methoxy groups -OCH3 is 1. The number of hydrogen-bond donors (Lipinski definition) is 2. The third-order valence-corrected chi connectivity index (χ3v) is 7.50. The van der Waals surface area contributed by atoms with Crippen LogP contribution in [0.2, 0.25) is 0 Å². The zero-order chi connectivity index (χ0) is 29.9. The first-order valence-electron chi connectivity index (χ1n) is 13.9. The number of piperidine rings is 1. The summed E-state index contributed by atoms with van der Waals surface area (Å²) in [7, 11) is 1.45. The summed E-state index contributed by atoms with van der Waals surface area (Å²) in [5.74, 6) is 0.516. The van der Waals surface area contributed by atoms with Crippen molar-refractivity contribution in [2.24, 2.45) is 0 Å². The fourth-order valence-electron chi connectivity index (χ4n) is 5.32. The molecule has 1 fully saturated rings. The van der Waals surface area contributed by atoms with E-state index in [1.807, 2.05) is 6.07 Å². The van der Waals surface area contributed by atoms with E-state index in [0.29, 0.717) is 35.8 Å². The molecule has 3 aliphatic heterocycles. The van der Waals surface area contributed by atoms with E-state index in [-0.39, 0.29) is 55.9 Å². The fourth-order valence-corrected chi connectivity index (χ4v) is 5.32. The van der Waals surface area contributed by atoms with E-state index >= 15 is 0 Å². The molecule has 11 nitrogen and oxygen atoms in total. The van der Waals surface area contributed by atoms with Gasteiger partial charge in [-0.2, -0.15) is 0 Å². The second-order valence-electron chi connectivity index (χ2n) is 10.5. The molecule has 0 spiro atoms. The number of rotatable bonds is 3. The molecule has 0 saturated carbocycles. The van der Waals surface area contributed by atoms with E-state index in [9.17, 15) is 18.8 Å². The molecule has 6 rings (SSSR count). The van der Waals surface area contributed by atoms with E-state index in [2.05, 4.69) is 10.6 Å². The topological polar surface area (TPSA) is 125 Å². The van der Waals surface area contributed by atoms with Crippen LogP contribution in [0.3, 0.4) is 0 Å². The van der Waals surface area contributed by atoms with Gasteiger partial charge in [-0.15, -0.1) is 0 Å². The van der Waals surface area contributed by atoms with Crippen molar-refractivity contribution >= 4 is 17.7 Å². The number of hydrogen-bond acceptors (Lipinski definition) is 8. The molecule has 2 atom stereocenters. The van der Waals surface area contributed by atoms with Gasteiger partial charge in [0.2, 0.25) is 12.7 Å².